The normalized spacial score (nSPS) is 26.7. The first-order chi connectivity index (χ1) is 9.07. The number of aromatic nitrogens is 1. The largest absolute Gasteiger partial charge is 0.394 e. The molecule has 5 heteroatoms. The number of nitrogens with zero attached hydrogens (tertiary/aromatic N) is 2. The van der Waals surface area contributed by atoms with Crippen molar-refractivity contribution in [3.63, 3.8) is 0 Å². The predicted molar refractivity (Wildman–Crippen MR) is 75.0 cm³/mol. The van der Waals surface area contributed by atoms with Crippen LogP contribution in [0.15, 0.2) is 12.1 Å². The fraction of sp³-hybridized carbons (Fsp3) is 0.571. The number of nitriles is 1. The summed E-state index contributed by atoms with van der Waals surface area (Å²) in [5.74, 6) is 1.26. The second-order valence-corrected chi connectivity index (χ2v) is 5.81. The first kappa shape index (κ1) is 14.1. The molecule has 1 fully saturated rings. The molecule has 1 heterocycles. The highest BCUT2D eigenvalue weighted by Crippen LogP contribution is 2.34. The third-order valence-corrected chi connectivity index (χ3v) is 4.04. The van der Waals surface area contributed by atoms with Crippen molar-refractivity contribution in [2.75, 3.05) is 11.9 Å². The third-order valence-electron chi connectivity index (χ3n) is 3.85. The van der Waals surface area contributed by atoms with Crippen LogP contribution in [0.25, 0.3) is 0 Å². The zero-order valence-corrected chi connectivity index (χ0v) is 11.7. The van der Waals surface area contributed by atoms with Gasteiger partial charge in [0.2, 0.25) is 0 Å². The zero-order valence-electron chi connectivity index (χ0n) is 11.0. The second-order valence-electron chi connectivity index (χ2n) is 5.42. The van der Waals surface area contributed by atoms with Crippen molar-refractivity contribution in [1.29, 1.82) is 5.26 Å². The number of halogens is 1. The van der Waals surface area contributed by atoms with Crippen LogP contribution >= 0.6 is 11.6 Å². The number of pyridine rings is 1. The van der Waals surface area contributed by atoms with Crippen molar-refractivity contribution in [3.8, 4) is 6.07 Å². The maximum atomic E-state index is 9.70. The van der Waals surface area contributed by atoms with Crippen molar-refractivity contribution in [2.45, 2.75) is 38.1 Å². The summed E-state index contributed by atoms with van der Waals surface area (Å²) >= 11 is 5.89. The van der Waals surface area contributed by atoms with Gasteiger partial charge in [0.1, 0.15) is 11.0 Å². The van der Waals surface area contributed by atoms with Gasteiger partial charge in [0.15, 0.2) is 0 Å². The molecule has 0 atom stereocenters. The summed E-state index contributed by atoms with van der Waals surface area (Å²) < 4.78 is 0. The van der Waals surface area contributed by atoms with E-state index in [4.69, 9.17) is 16.9 Å². The molecule has 2 rings (SSSR count). The quantitative estimate of drug-likeness (QED) is 0.835. The Kier molecular flexibility index (Phi) is 4.28. The lowest BCUT2D eigenvalue weighted by Crippen LogP contribution is -2.45. The maximum absolute atomic E-state index is 9.70. The molecular formula is C14H18ClN3O. The molecule has 0 bridgehead atoms. The minimum Gasteiger partial charge on any atom is -0.394 e. The van der Waals surface area contributed by atoms with E-state index in [2.05, 4.69) is 23.3 Å². The Morgan fingerprint density at radius 2 is 2.21 bits per heavy atom. The van der Waals surface area contributed by atoms with E-state index in [9.17, 15) is 5.11 Å². The first-order valence-electron chi connectivity index (χ1n) is 6.54. The Morgan fingerprint density at radius 1 is 1.53 bits per heavy atom. The Balaban J connectivity index is 2.19. The average Bonchev–Trinajstić information content (AvgIpc) is 2.41. The van der Waals surface area contributed by atoms with Crippen LogP contribution in [0.1, 0.15) is 38.2 Å². The fourth-order valence-corrected chi connectivity index (χ4v) is 2.74. The van der Waals surface area contributed by atoms with E-state index < -0.39 is 0 Å². The number of nitrogens with one attached hydrogen (secondary N) is 1. The van der Waals surface area contributed by atoms with E-state index in [0.717, 1.165) is 25.7 Å². The Bertz CT molecular complexity index is 490. The Morgan fingerprint density at radius 3 is 2.79 bits per heavy atom. The summed E-state index contributed by atoms with van der Waals surface area (Å²) in [5.41, 5.74) is 0.136. The van der Waals surface area contributed by atoms with Crippen molar-refractivity contribution < 1.29 is 5.11 Å². The van der Waals surface area contributed by atoms with Crippen LogP contribution in [0.4, 0.5) is 5.82 Å². The van der Waals surface area contributed by atoms with E-state index >= 15 is 0 Å². The fourth-order valence-electron chi connectivity index (χ4n) is 2.53. The molecule has 1 aromatic rings. The van der Waals surface area contributed by atoms with Gasteiger partial charge in [0, 0.05) is 0 Å². The molecule has 2 N–H and O–H groups in total. The van der Waals surface area contributed by atoms with Gasteiger partial charge in [-0.3, -0.25) is 0 Å². The van der Waals surface area contributed by atoms with E-state index in [-0.39, 0.29) is 12.1 Å². The summed E-state index contributed by atoms with van der Waals surface area (Å²) in [7, 11) is 0. The molecule has 0 amide bonds. The summed E-state index contributed by atoms with van der Waals surface area (Å²) in [5, 5.41) is 22.2. The van der Waals surface area contributed by atoms with Gasteiger partial charge >= 0.3 is 0 Å². The number of aliphatic hydroxyl groups excluding tert-OH is 1. The van der Waals surface area contributed by atoms with Gasteiger partial charge in [-0.05, 0) is 43.7 Å². The number of hydrogen-bond acceptors (Lipinski definition) is 4. The van der Waals surface area contributed by atoms with Crippen LogP contribution in [0.5, 0.6) is 0 Å². The molecule has 4 nitrogen and oxygen atoms in total. The molecule has 0 aliphatic heterocycles. The highest BCUT2D eigenvalue weighted by molar-refractivity contribution is 6.29. The third kappa shape index (κ3) is 3.37. The topological polar surface area (TPSA) is 68.9 Å². The zero-order chi connectivity index (χ0) is 13.9. The van der Waals surface area contributed by atoms with Gasteiger partial charge < -0.3 is 10.4 Å². The van der Waals surface area contributed by atoms with Gasteiger partial charge in [-0.1, -0.05) is 18.5 Å². The summed E-state index contributed by atoms with van der Waals surface area (Å²) in [6.07, 6.45) is 3.97. The standard InChI is InChI=1S/C14H18ClN3O/c1-10-2-4-14(9-19,5-3-10)18-13-7-11(8-16)6-12(15)17-13/h6-7,10,19H,2-5,9H2,1H3,(H,17,18). The summed E-state index contributed by atoms with van der Waals surface area (Å²) in [6.45, 7) is 2.29. The molecule has 102 valence electrons. The molecule has 0 unspecified atom stereocenters. The second kappa shape index (κ2) is 5.77. The molecule has 0 aromatic carbocycles. The maximum Gasteiger partial charge on any atom is 0.132 e. The smallest absolute Gasteiger partial charge is 0.132 e. The van der Waals surface area contributed by atoms with Crippen molar-refractivity contribution in [2.24, 2.45) is 5.92 Å². The van der Waals surface area contributed by atoms with E-state index in [0.29, 0.717) is 22.5 Å². The van der Waals surface area contributed by atoms with Gasteiger partial charge in [0.25, 0.3) is 0 Å². The Hall–Kier alpha value is -1.31. The number of rotatable bonds is 3. The lowest BCUT2D eigenvalue weighted by molar-refractivity contribution is 0.155. The number of hydrogen-bond donors (Lipinski definition) is 2. The number of anilines is 1. The lowest BCUT2D eigenvalue weighted by Gasteiger charge is -2.39. The van der Waals surface area contributed by atoms with Crippen LogP contribution < -0.4 is 5.32 Å². The molecule has 1 saturated carbocycles. The van der Waals surface area contributed by atoms with Gasteiger partial charge in [-0.15, -0.1) is 0 Å². The van der Waals surface area contributed by atoms with E-state index in [1.165, 1.54) is 6.07 Å². The Labute approximate surface area is 118 Å². The monoisotopic (exact) mass is 279 g/mol. The van der Waals surface area contributed by atoms with Crippen LogP contribution in [0.2, 0.25) is 5.15 Å². The molecular weight excluding hydrogens is 262 g/mol. The van der Waals surface area contributed by atoms with Crippen LogP contribution in [0, 0.1) is 17.2 Å². The molecule has 0 spiro atoms. The van der Waals surface area contributed by atoms with E-state index in [1.54, 1.807) is 6.07 Å². The average molecular weight is 280 g/mol. The number of aliphatic hydroxyl groups is 1. The summed E-state index contributed by atoms with van der Waals surface area (Å²) in [4.78, 5) is 4.18. The lowest BCUT2D eigenvalue weighted by atomic mass is 9.77. The van der Waals surface area contributed by atoms with Gasteiger partial charge in [-0.25, -0.2) is 4.98 Å². The predicted octanol–water partition coefficient (Wildman–Crippen LogP) is 2.96. The summed E-state index contributed by atoms with van der Waals surface area (Å²) in [6, 6.07) is 5.25. The SMILES string of the molecule is CC1CCC(CO)(Nc2cc(C#N)cc(Cl)n2)CC1. The molecule has 1 aromatic heterocycles. The van der Waals surface area contributed by atoms with Crippen LogP contribution in [0.3, 0.4) is 0 Å². The first-order valence-corrected chi connectivity index (χ1v) is 6.91. The molecule has 19 heavy (non-hydrogen) atoms. The minimum atomic E-state index is -0.336. The van der Waals surface area contributed by atoms with E-state index in [1.807, 2.05) is 0 Å². The van der Waals surface area contributed by atoms with Crippen LogP contribution in [-0.4, -0.2) is 22.2 Å². The molecule has 0 radical (unpaired) electrons. The van der Waals surface area contributed by atoms with Gasteiger partial charge in [-0.2, -0.15) is 5.26 Å². The molecule has 1 aliphatic carbocycles. The highest BCUT2D eigenvalue weighted by Gasteiger charge is 2.33. The van der Waals surface area contributed by atoms with Crippen LogP contribution in [-0.2, 0) is 0 Å². The molecule has 1 aliphatic rings. The van der Waals surface area contributed by atoms with Crippen molar-refractivity contribution >= 4 is 17.4 Å². The molecule has 0 saturated heterocycles. The van der Waals surface area contributed by atoms with Gasteiger partial charge in [0.05, 0.1) is 23.8 Å². The minimum absolute atomic E-state index is 0.0653. The van der Waals surface area contributed by atoms with Crippen molar-refractivity contribution in [1.82, 2.24) is 4.98 Å². The highest BCUT2D eigenvalue weighted by atomic mass is 35.5. The van der Waals surface area contributed by atoms with Crippen molar-refractivity contribution in [3.05, 3.63) is 22.8 Å².